The molecule has 0 atom stereocenters. The van der Waals surface area contributed by atoms with Gasteiger partial charge in [-0.1, -0.05) is 0 Å². The normalized spacial score (nSPS) is 22.5. The molecule has 1 heterocycles. The van der Waals surface area contributed by atoms with Crippen molar-refractivity contribution >= 4 is 22.6 Å². The van der Waals surface area contributed by atoms with Crippen LogP contribution in [0.1, 0.15) is 24.7 Å². The van der Waals surface area contributed by atoms with Crippen LogP contribution in [0.2, 0.25) is 0 Å². The number of nitrogens with zero attached hydrogens (tertiary/aromatic N) is 2. The maximum absolute atomic E-state index is 6.03. The average molecular weight is 281 g/mol. The minimum absolute atomic E-state index is 0.358. The lowest BCUT2D eigenvalue weighted by atomic mass is 9.88. The second kappa shape index (κ2) is 5.02. The van der Waals surface area contributed by atoms with Crippen molar-refractivity contribution in [2.24, 2.45) is 0 Å². The maximum atomic E-state index is 6.03. The Morgan fingerprint density at radius 3 is 2.79 bits per heavy atom. The largest absolute Gasteiger partial charge is 0.497 e. The lowest BCUT2D eigenvalue weighted by Crippen LogP contribution is -2.33. The van der Waals surface area contributed by atoms with E-state index in [9.17, 15) is 0 Å². The second-order valence-corrected chi connectivity index (χ2v) is 5.14. The van der Waals surface area contributed by atoms with E-state index in [1.165, 1.54) is 0 Å². The van der Waals surface area contributed by atoms with Crippen molar-refractivity contribution in [3.63, 3.8) is 0 Å². The third-order valence-electron chi connectivity index (χ3n) is 3.86. The lowest BCUT2D eigenvalue weighted by molar-refractivity contribution is 0.00675. The molecule has 1 aliphatic rings. The molecule has 2 aromatic rings. The highest BCUT2D eigenvalue weighted by Gasteiger charge is 2.32. The molecule has 0 aliphatic heterocycles. The Kier molecular flexibility index (Phi) is 3.37. The van der Waals surface area contributed by atoms with Crippen molar-refractivity contribution in [2.75, 3.05) is 14.2 Å². The summed E-state index contributed by atoms with van der Waals surface area (Å²) >= 11 is 6.03. The number of ether oxygens (including phenoxy) is 2. The van der Waals surface area contributed by atoms with E-state index in [1.54, 1.807) is 14.2 Å². The number of halogens is 1. The SMILES string of the molecule is COc1ccc2nc(CCl)n(C3CC(OC)C3)c2c1. The third kappa shape index (κ3) is 2.09. The highest BCUT2D eigenvalue weighted by molar-refractivity contribution is 6.16. The number of hydrogen-bond donors (Lipinski definition) is 0. The van der Waals surface area contributed by atoms with Crippen LogP contribution in [0.5, 0.6) is 5.75 Å². The number of alkyl halides is 1. The second-order valence-electron chi connectivity index (χ2n) is 4.87. The first-order valence-corrected chi connectivity index (χ1v) is 6.94. The molecule has 4 nitrogen and oxygen atoms in total. The van der Waals surface area contributed by atoms with E-state index in [0.29, 0.717) is 18.0 Å². The first-order chi connectivity index (χ1) is 9.26. The van der Waals surface area contributed by atoms with Crippen LogP contribution >= 0.6 is 11.6 Å². The van der Waals surface area contributed by atoms with Gasteiger partial charge < -0.3 is 14.0 Å². The van der Waals surface area contributed by atoms with Gasteiger partial charge in [0.2, 0.25) is 0 Å². The summed E-state index contributed by atoms with van der Waals surface area (Å²) < 4.78 is 12.9. The minimum Gasteiger partial charge on any atom is -0.497 e. The Labute approximate surface area is 117 Å². The molecule has 5 heteroatoms. The van der Waals surface area contributed by atoms with Gasteiger partial charge in [0.05, 0.1) is 30.1 Å². The molecule has 0 unspecified atom stereocenters. The summed E-state index contributed by atoms with van der Waals surface area (Å²) in [5.41, 5.74) is 2.06. The van der Waals surface area contributed by atoms with Gasteiger partial charge in [-0.25, -0.2) is 4.98 Å². The number of aromatic nitrogens is 2. The molecule has 19 heavy (non-hydrogen) atoms. The standard InChI is InChI=1S/C14H17ClN2O2/c1-18-10-3-4-12-13(7-10)17(14(8-15)16-12)9-5-11(6-9)19-2/h3-4,7,9,11H,5-6,8H2,1-2H3. The summed E-state index contributed by atoms with van der Waals surface area (Å²) in [6, 6.07) is 6.36. The Morgan fingerprint density at radius 2 is 2.16 bits per heavy atom. The van der Waals surface area contributed by atoms with E-state index in [1.807, 2.05) is 18.2 Å². The molecule has 0 saturated heterocycles. The van der Waals surface area contributed by atoms with Crippen LogP contribution in [-0.2, 0) is 10.6 Å². The fourth-order valence-corrected chi connectivity index (χ4v) is 2.88. The quantitative estimate of drug-likeness (QED) is 0.807. The van der Waals surface area contributed by atoms with Gasteiger partial charge in [-0.2, -0.15) is 0 Å². The van der Waals surface area contributed by atoms with Crippen LogP contribution in [-0.4, -0.2) is 29.9 Å². The molecular formula is C14H17ClN2O2. The van der Waals surface area contributed by atoms with Crippen LogP contribution < -0.4 is 4.74 Å². The van der Waals surface area contributed by atoms with E-state index >= 15 is 0 Å². The summed E-state index contributed by atoms with van der Waals surface area (Å²) in [5.74, 6) is 2.19. The number of hydrogen-bond acceptors (Lipinski definition) is 3. The Balaban J connectivity index is 2.04. The first-order valence-electron chi connectivity index (χ1n) is 6.40. The lowest BCUT2D eigenvalue weighted by Gasteiger charge is -2.36. The highest BCUT2D eigenvalue weighted by atomic mass is 35.5. The van der Waals surface area contributed by atoms with Crippen molar-refractivity contribution < 1.29 is 9.47 Å². The van der Waals surface area contributed by atoms with Gasteiger partial charge in [0.1, 0.15) is 11.6 Å². The molecule has 1 aromatic carbocycles. The molecule has 0 N–H and O–H groups in total. The zero-order valence-corrected chi connectivity index (χ0v) is 11.9. The predicted octanol–water partition coefficient (Wildman–Crippen LogP) is 3.13. The fourth-order valence-electron chi connectivity index (χ4n) is 2.69. The van der Waals surface area contributed by atoms with Crippen LogP contribution in [0.15, 0.2) is 18.2 Å². The summed E-state index contributed by atoms with van der Waals surface area (Å²) in [4.78, 5) is 4.59. The average Bonchev–Trinajstić information content (AvgIpc) is 2.75. The van der Waals surface area contributed by atoms with Gasteiger partial charge in [-0.3, -0.25) is 0 Å². The van der Waals surface area contributed by atoms with E-state index in [-0.39, 0.29) is 0 Å². The Bertz CT molecular complexity index is 590. The van der Waals surface area contributed by atoms with Crippen LogP contribution in [0.25, 0.3) is 11.0 Å². The zero-order valence-electron chi connectivity index (χ0n) is 11.1. The molecule has 1 saturated carbocycles. The van der Waals surface area contributed by atoms with E-state index in [2.05, 4.69) is 9.55 Å². The first kappa shape index (κ1) is 12.8. The molecule has 0 radical (unpaired) electrons. The summed E-state index contributed by atoms with van der Waals surface area (Å²) in [7, 11) is 3.44. The summed E-state index contributed by atoms with van der Waals surface area (Å²) in [5, 5.41) is 0. The van der Waals surface area contributed by atoms with Gasteiger partial charge in [0.25, 0.3) is 0 Å². The van der Waals surface area contributed by atoms with Crippen LogP contribution in [0, 0.1) is 0 Å². The smallest absolute Gasteiger partial charge is 0.125 e. The molecule has 3 rings (SSSR count). The fraction of sp³-hybridized carbons (Fsp3) is 0.500. The van der Waals surface area contributed by atoms with Crippen molar-refractivity contribution in [3.05, 3.63) is 24.0 Å². The maximum Gasteiger partial charge on any atom is 0.125 e. The van der Waals surface area contributed by atoms with Gasteiger partial charge in [-0.15, -0.1) is 11.6 Å². The van der Waals surface area contributed by atoms with Crippen LogP contribution in [0.3, 0.4) is 0 Å². The van der Waals surface area contributed by atoms with Gasteiger partial charge in [0, 0.05) is 19.2 Å². The van der Waals surface area contributed by atoms with Gasteiger partial charge >= 0.3 is 0 Å². The number of benzene rings is 1. The van der Waals surface area contributed by atoms with Gasteiger partial charge in [-0.05, 0) is 25.0 Å². The summed E-state index contributed by atoms with van der Waals surface area (Å²) in [6.45, 7) is 0. The number of methoxy groups -OCH3 is 2. The number of imidazole rings is 1. The van der Waals surface area contributed by atoms with Crippen molar-refractivity contribution in [3.8, 4) is 5.75 Å². The Morgan fingerprint density at radius 1 is 1.37 bits per heavy atom. The molecule has 1 aliphatic carbocycles. The third-order valence-corrected chi connectivity index (χ3v) is 4.10. The molecule has 1 aromatic heterocycles. The van der Waals surface area contributed by atoms with E-state index in [4.69, 9.17) is 21.1 Å². The minimum atomic E-state index is 0.358. The summed E-state index contributed by atoms with van der Waals surface area (Å²) in [6.07, 6.45) is 2.39. The van der Waals surface area contributed by atoms with Crippen molar-refractivity contribution in [1.29, 1.82) is 0 Å². The molecule has 0 amide bonds. The van der Waals surface area contributed by atoms with E-state index in [0.717, 1.165) is 35.4 Å². The highest BCUT2D eigenvalue weighted by Crippen LogP contribution is 2.38. The van der Waals surface area contributed by atoms with Crippen molar-refractivity contribution in [2.45, 2.75) is 30.9 Å². The van der Waals surface area contributed by atoms with Crippen LogP contribution in [0.4, 0.5) is 0 Å². The molecular weight excluding hydrogens is 264 g/mol. The van der Waals surface area contributed by atoms with E-state index < -0.39 is 0 Å². The molecule has 1 fully saturated rings. The topological polar surface area (TPSA) is 36.3 Å². The monoisotopic (exact) mass is 280 g/mol. The number of fused-ring (bicyclic) bond motifs is 1. The van der Waals surface area contributed by atoms with Crippen molar-refractivity contribution in [1.82, 2.24) is 9.55 Å². The predicted molar refractivity (Wildman–Crippen MR) is 74.9 cm³/mol. The van der Waals surface area contributed by atoms with Gasteiger partial charge in [0.15, 0.2) is 0 Å². The molecule has 0 spiro atoms. The Hall–Kier alpha value is -1.26. The molecule has 102 valence electrons. The zero-order chi connectivity index (χ0) is 13.4. The molecule has 0 bridgehead atoms. The number of rotatable bonds is 4.